The minimum Gasteiger partial charge on any atom is -0.508 e. The first kappa shape index (κ1) is 14.7. The number of anilines is 1. The van der Waals surface area contributed by atoms with E-state index in [4.69, 9.17) is 10.5 Å². The van der Waals surface area contributed by atoms with Crippen LogP contribution in [0.15, 0.2) is 18.2 Å². The minimum atomic E-state index is -0.136. The van der Waals surface area contributed by atoms with Crippen LogP contribution >= 0.6 is 0 Å². The molecule has 1 aliphatic heterocycles. The Balaban J connectivity index is 2.06. The molecule has 0 saturated carbocycles. The van der Waals surface area contributed by atoms with Gasteiger partial charge in [0, 0.05) is 25.4 Å². The number of nitrogen functional groups attached to an aromatic ring is 1. The Hall–Kier alpha value is -1.75. The summed E-state index contributed by atoms with van der Waals surface area (Å²) in [5.74, 6) is -0.0819. The fourth-order valence-corrected chi connectivity index (χ4v) is 2.44. The zero-order valence-electron chi connectivity index (χ0n) is 11.8. The second-order valence-corrected chi connectivity index (χ2v) is 5.16. The van der Waals surface area contributed by atoms with Gasteiger partial charge in [0.15, 0.2) is 0 Å². The summed E-state index contributed by atoms with van der Waals surface area (Å²) in [6.07, 6.45) is 2.99. The van der Waals surface area contributed by atoms with Gasteiger partial charge in [-0.3, -0.25) is 4.79 Å². The molecule has 1 amide bonds. The van der Waals surface area contributed by atoms with Gasteiger partial charge < -0.3 is 20.5 Å². The van der Waals surface area contributed by atoms with E-state index in [1.165, 1.54) is 12.1 Å². The Labute approximate surface area is 119 Å². The predicted molar refractivity (Wildman–Crippen MR) is 77.7 cm³/mol. The lowest BCUT2D eigenvalue weighted by atomic mass is 10.1. The molecule has 1 unspecified atom stereocenters. The summed E-state index contributed by atoms with van der Waals surface area (Å²) in [6, 6.07) is 4.46. The summed E-state index contributed by atoms with van der Waals surface area (Å²) in [4.78, 5) is 14.2. The van der Waals surface area contributed by atoms with Crippen molar-refractivity contribution in [3.05, 3.63) is 23.8 Å². The first-order chi connectivity index (χ1) is 9.61. The van der Waals surface area contributed by atoms with Gasteiger partial charge in [0.25, 0.3) is 5.91 Å². The summed E-state index contributed by atoms with van der Waals surface area (Å²) < 4.78 is 5.73. The van der Waals surface area contributed by atoms with Crippen LogP contribution in [0.25, 0.3) is 0 Å². The molecule has 1 aliphatic rings. The number of hydrogen-bond donors (Lipinski definition) is 2. The SMILES string of the molecule is CCCOC1CCCN(C(=O)c2cc(O)ccc2N)C1. The molecule has 0 aromatic heterocycles. The Bertz CT molecular complexity index is 476. The van der Waals surface area contributed by atoms with Crippen LogP contribution in [0.5, 0.6) is 5.75 Å². The van der Waals surface area contributed by atoms with E-state index in [1.807, 2.05) is 0 Å². The van der Waals surface area contributed by atoms with Gasteiger partial charge in [-0.05, 0) is 37.5 Å². The molecule has 0 radical (unpaired) electrons. The quantitative estimate of drug-likeness (QED) is 0.652. The average Bonchev–Trinajstić information content (AvgIpc) is 2.47. The number of rotatable bonds is 4. The van der Waals surface area contributed by atoms with E-state index in [0.29, 0.717) is 24.3 Å². The van der Waals surface area contributed by atoms with Crippen molar-refractivity contribution < 1.29 is 14.6 Å². The molecule has 0 bridgehead atoms. The van der Waals surface area contributed by atoms with Crippen LogP contribution in [-0.4, -0.2) is 41.7 Å². The molecule has 3 N–H and O–H groups in total. The van der Waals surface area contributed by atoms with Crippen LogP contribution in [0, 0.1) is 0 Å². The highest BCUT2D eigenvalue weighted by Crippen LogP contribution is 2.22. The fraction of sp³-hybridized carbons (Fsp3) is 0.533. The van der Waals surface area contributed by atoms with Crippen LogP contribution in [0.4, 0.5) is 5.69 Å². The number of ether oxygens (including phenoxy) is 1. The number of amides is 1. The molecule has 5 nitrogen and oxygen atoms in total. The molecule has 0 aliphatic carbocycles. The minimum absolute atomic E-state index is 0.0540. The normalized spacial score (nSPS) is 19.1. The summed E-state index contributed by atoms with van der Waals surface area (Å²) in [5, 5.41) is 9.50. The standard InChI is InChI=1S/C15H22N2O3/c1-2-8-20-12-4-3-7-17(10-12)15(19)13-9-11(18)5-6-14(13)16/h5-6,9,12,18H,2-4,7-8,10,16H2,1H3. The van der Waals surface area contributed by atoms with E-state index in [0.717, 1.165) is 25.9 Å². The van der Waals surface area contributed by atoms with Crippen molar-refractivity contribution in [3.63, 3.8) is 0 Å². The molecular weight excluding hydrogens is 256 g/mol. The number of benzene rings is 1. The third-order valence-corrected chi connectivity index (χ3v) is 3.49. The van der Waals surface area contributed by atoms with E-state index in [2.05, 4.69) is 6.92 Å². The van der Waals surface area contributed by atoms with Gasteiger partial charge in [-0.2, -0.15) is 0 Å². The van der Waals surface area contributed by atoms with E-state index in [9.17, 15) is 9.90 Å². The lowest BCUT2D eigenvalue weighted by Crippen LogP contribution is -2.43. The van der Waals surface area contributed by atoms with Crippen LogP contribution in [0.2, 0.25) is 0 Å². The Morgan fingerprint density at radius 2 is 2.35 bits per heavy atom. The van der Waals surface area contributed by atoms with Crippen molar-refractivity contribution in [1.29, 1.82) is 0 Å². The second-order valence-electron chi connectivity index (χ2n) is 5.16. The van der Waals surface area contributed by atoms with Crippen molar-refractivity contribution in [2.45, 2.75) is 32.3 Å². The summed E-state index contributed by atoms with van der Waals surface area (Å²) in [7, 11) is 0. The first-order valence-corrected chi connectivity index (χ1v) is 7.11. The Morgan fingerprint density at radius 1 is 1.55 bits per heavy atom. The van der Waals surface area contributed by atoms with Crippen molar-refractivity contribution in [1.82, 2.24) is 4.90 Å². The Kier molecular flexibility index (Phi) is 4.84. The third kappa shape index (κ3) is 3.42. The van der Waals surface area contributed by atoms with Gasteiger partial charge in [0.2, 0.25) is 0 Å². The molecule has 110 valence electrons. The molecule has 1 atom stereocenters. The first-order valence-electron chi connectivity index (χ1n) is 7.11. The lowest BCUT2D eigenvalue weighted by molar-refractivity contribution is 0.00214. The fourth-order valence-electron chi connectivity index (χ4n) is 2.44. The number of hydrogen-bond acceptors (Lipinski definition) is 4. The summed E-state index contributed by atoms with van der Waals surface area (Å²) in [5.41, 5.74) is 6.58. The van der Waals surface area contributed by atoms with Crippen LogP contribution in [0.1, 0.15) is 36.5 Å². The molecule has 0 spiro atoms. The molecule has 20 heavy (non-hydrogen) atoms. The molecule has 1 fully saturated rings. The number of carbonyl (C=O) groups is 1. The van der Waals surface area contributed by atoms with Gasteiger partial charge in [0.1, 0.15) is 5.75 Å². The van der Waals surface area contributed by atoms with E-state index in [1.54, 1.807) is 11.0 Å². The van der Waals surface area contributed by atoms with Gasteiger partial charge in [-0.15, -0.1) is 0 Å². The number of aromatic hydroxyl groups is 1. The highest BCUT2D eigenvalue weighted by molar-refractivity contribution is 5.99. The zero-order valence-corrected chi connectivity index (χ0v) is 11.8. The number of carbonyl (C=O) groups excluding carboxylic acids is 1. The molecule has 5 heteroatoms. The number of phenols is 1. The maximum absolute atomic E-state index is 12.5. The smallest absolute Gasteiger partial charge is 0.256 e. The topological polar surface area (TPSA) is 75.8 Å². The largest absolute Gasteiger partial charge is 0.508 e. The average molecular weight is 278 g/mol. The third-order valence-electron chi connectivity index (χ3n) is 3.49. The number of piperidine rings is 1. The van der Waals surface area contributed by atoms with Gasteiger partial charge in [0.05, 0.1) is 11.7 Å². The molecular formula is C15H22N2O3. The number of nitrogens with two attached hydrogens (primary N) is 1. The summed E-state index contributed by atoms with van der Waals surface area (Å²) in [6.45, 7) is 4.09. The predicted octanol–water partition coefficient (Wildman–Crippen LogP) is 2.01. The lowest BCUT2D eigenvalue weighted by Gasteiger charge is -2.33. The highest BCUT2D eigenvalue weighted by Gasteiger charge is 2.26. The number of likely N-dealkylation sites (tertiary alicyclic amines) is 1. The maximum Gasteiger partial charge on any atom is 0.256 e. The summed E-state index contributed by atoms with van der Waals surface area (Å²) >= 11 is 0. The highest BCUT2D eigenvalue weighted by atomic mass is 16.5. The van der Waals surface area contributed by atoms with Crippen LogP contribution < -0.4 is 5.73 Å². The maximum atomic E-state index is 12.5. The van der Waals surface area contributed by atoms with Crippen LogP contribution in [-0.2, 0) is 4.74 Å². The van der Waals surface area contributed by atoms with Crippen molar-refractivity contribution >= 4 is 11.6 Å². The number of nitrogens with zero attached hydrogens (tertiary/aromatic N) is 1. The number of phenolic OH excluding ortho intramolecular Hbond substituents is 1. The molecule has 1 aromatic carbocycles. The van der Waals surface area contributed by atoms with Crippen LogP contribution in [0.3, 0.4) is 0 Å². The van der Waals surface area contributed by atoms with Crippen molar-refractivity contribution in [3.8, 4) is 5.75 Å². The monoisotopic (exact) mass is 278 g/mol. The van der Waals surface area contributed by atoms with E-state index >= 15 is 0 Å². The van der Waals surface area contributed by atoms with Gasteiger partial charge in [-0.25, -0.2) is 0 Å². The molecule has 1 heterocycles. The Morgan fingerprint density at radius 3 is 3.10 bits per heavy atom. The van der Waals surface area contributed by atoms with Crippen molar-refractivity contribution in [2.75, 3.05) is 25.4 Å². The zero-order chi connectivity index (χ0) is 14.5. The second kappa shape index (κ2) is 6.61. The van der Waals surface area contributed by atoms with E-state index in [-0.39, 0.29) is 17.8 Å². The van der Waals surface area contributed by atoms with Crippen molar-refractivity contribution in [2.24, 2.45) is 0 Å². The van der Waals surface area contributed by atoms with Gasteiger partial charge >= 0.3 is 0 Å². The molecule has 1 saturated heterocycles. The van der Waals surface area contributed by atoms with Gasteiger partial charge in [-0.1, -0.05) is 6.92 Å². The molecule has 2 rings (SSSR count). The van der Waals surface area contributed by atoms with E-state index < -0.39 is 0 Å². The molecule has 1 aromatic rings.